The van der Waals surface area contributed by atoms with E-state index in [1.165, 1.54) is 12.1 Å². The predicted octanol–water partition coefficient (Wildman–Crippen LogP) is 6.62. The summed E-state index contributed by atoms with van der Waals surface area (Å²) in [6.45, 7) is -0.0572. The first-order valence-corrected chi connectivity index (χ1v) is 13.7. The number of hydrogen-bond acceptors (Lipinski definition) is 4. The normalized spacial score (nSPS) is 14.5. The molecule has 0 saturated carbocycles. The standard InChI is InChI=1S/C34H25F3N2O5/c35-34(36,37)24-14-7-13-23(16-24)28-26(17-22-12-6-11-21-10-4-5-15-25(21)22)29(33(43)44)31(40)39-27(32(41)42)19-38(30(28)39)18-20-8-2-1-3-9-20/h1-16,27H,17-19H2,(H,41,42)(H,43,44). The van der Waals surface area contributed by atoms with Gasteiger partial charge >= 0.3 is 18.1 Å². The molecule has 0 fully saturated rings. The van der Waals surface area contributed by atoms with Gasteiger partial charge in [0.25, 0.3) is 5.56 Å². The largest absolute Gasteiger partial charge is 0.480 e. The van der Waals surface area contributed by atoms with Crippen molar-refractivity contribution in [2.24, 2.45) is 0 Å². The van der Waals surface area contributed by atoms with E-state index in [1.807, 2.05) is 48.5 Å². The van der Waals surface area contributed by atoms with Crippen LogP contribution in [0.5, 0.6) is 0 Å². The number of anilines is 1. The van der Waals surface area contributed by atoms with E-state index in [9.17, 15) is 37.8 Å². The van der Waals surface area contributed by atoms with Crippen molar-refractivity contribution < 1.29 is 33.0 Å². The highest BCUT2D eigenvalue weighted by atomic mass is 19.4. The van der Waals surface area contributed by atoms with Crippen LogP contribution in [0.2, 0.25) is 0 Å². The fraction of sp³-hybridized carbons (Fsp3) is 0.147. The smallest absolute Gasteiger partial charge is 0.416 e. The molecule has 1 aromatic heterocycles. The average molecular weight is 599 g/mol. The third-order valence-electron chi connectivity index (χ3n) is 7.93. The van der Waals surface area contributed by atoms with E-state index in [2.05, 4.69) is 0 Å². The Morgan fingerprint density at radius 1 is 0.864 bits per heavy atom. The Labute approximate surface area is 249 Å². The molecule has 2 heterocycles. The molecule has 0 radical (unpaired) electrons. The van der Waals surface area contributed by atoms with Crippen LogP contribution in [0.3, 0.4) is 0 Å². The zero-order chi connectivity index (χ0) is 31.2. The van der Waals surface area contributed by atoms with Crippen LogP contribution in [0, 0.1) is 0 Å². The van der Waals surface area contributed by atoms with E-state index in [-0.39, 0.29) is 42.0 Å². The van der Waals surface area contributed by atoms with Crippen LogP contribution in [0.4, 0.5) is 19.0 Å². The van der Waals surface area contributed by atoms with Crippen molar-refractivity contribution in [2.45, 2.75) is 25.2 Å². The van der Waals surface area contributed by atoms with Gasteiger partial charge in [0.1, 0.15) is 11.4 Å². The molecule has 0 aliphatic carbocycles. The lowest BCUT2D eigenvalue weighted by atomic mass is 9.89. The van der Waals surface area contributed by atoms with E-state index >= 15 is 0 Å². The number of aromatic carboxylic acids is 1. The Bertz CT molecular complexity index is 1980. The number of rotatable bonds is 7. The molecule has 2 N–H and O–H groups in total. The maximum Gasteiger partial charge on any atom is 0.416 e. The Morgan fingerprint density at radius 2 is 1.55 bits per heavy atom. The van der Waals surface area contributed by atoms with Gasteiger partial charge in [0.05, 0.1) is 12.1 Å². The Hall–Kier alpha value is -5.38. The number of hydrogen-bond donors (Lipinski definition) is 2. The van der Waals surface area contributed by atoms with Gasteiger partial charge in [-0.25, -0.2) is 9.59 Å². The molecule has 10 heteroatoms. The molecule has 222 valence electrons. The zero-order valence-electron chi connectivity index (χ0n) is 23.1. The van der Waals surface area contributed by atoms with Gasteiger partial charge in [0.15, 0.2) is 6.04 Å². The minimum Gasteiger partial charge on any atom is -0.480 e. The summed E-state index contributed by atoms with van der Waals surface area (Å²) >= 11 is 0. The number of benzene rings is 4. The maximum atomic E-state index is 14.0. The molecule has 7 nitrogen and oxygen atoms in total. The lowest BCUT2D eigenvalue weighted by Crippen LogP contribution is -2.33. The first-order valence-electron chi connectivity index (χ1n) is 13.7. The molecular weight excluding hydrogens is 573 g/mol. The van der Waals surface area contributed by atoms with Crippen LogP contribution < -0.4 is 10.5 Å². The second kappa shape index (κ2) is 11.0. The summed E-state index contributed by atoms with van der Waals surface area (Å²) in [5, 5.41) is 22.2. The van der Waals surface area contributed by atoms with E-state index in [0.717, 1.165) is 33.0 Å². The van der Waals surface area contributed by atoms with Crippen LogP contribution in [-0.4, -0.2) is 33.3 Å². The number of carboxylic acids is 2. The Morgan fingerprint density at radius 3 is 2.25 bits per heavy atom. The molecule has 0 spiro atoms. The molecule has 1 atom stereocenters. The molecular formula is C34H25F3N2O5. The van der Waals surface area contributed by atoms with Crippen molar-refractivity contribution in [3.8, 4) is 11.1 Å². The fourth-order valence-electron chi connectivity index (χ4n) is 6.02. The first-order chi connectivity index (χ1) is 21.0. The van der Waals surface area contributed by atoms with Crippen molar-refractivity contribution in [1.29, 1.82) is 0 Å². The van der Waals surface area contributed by atoms with Gasteiger partial charge in [-0.3, -0.25) is 9.36 Å². The third-order valence-corrected chi connectivity index (χ3v) is 7.93. The highest BCUT2D eigenvalue weighted by molar-refractivity contribution is 5.96. The minimum absolute atomic E-state index is 0.00790. The summed E-state index contributed by atoms with van der Waals surface area (Å²) in [5.41, 5.74) is -1.14. The summed E-state index contributed by atoms with van der Waals surface area (Å²) in [6.07, 6.45) is -4.81. The van der Waals surface area contributed by atoms with E-state index < -0.39 is 40.8 Å². The van der Waals surface area contributed by atoms with E-state index in [1.54, 1.807) is 29.2 Å². The maximum absolute atomic E-state index is 14.0. The van der Waals surface area contributed by atoms with Gasteiger partial charge in [-0.1, -0.05) is 84.9 Å². The topological polar surface area (TPSA) is 99.8 Å². The van der Waals surface area contributed by atoms with Gasteiger partial charge in [0, 0.05) is 12.1 Å². The number of aliphatic carboxylic acids is 1. The lowest BCUT2D eigenvalue weighted by molar-refractivity contribution is -0.140. The molecule has 44 heavy (non-hydrogen) atoms. The second-order valence-electron chi connectivity index (χ2n) is 10.6. The van der Waals surface area contributed by atoms with Crippen LogP contribution in [-0.2, 0) is 23.9 Å². The van der Waals surface area contributed by atoms with Gasteiger partial charge in [-0.15, -0.1) is 0 Å². The van der Waals surface area contributed by atoms with Gasteiger partial charge in [-0.05, 0) is 51.6 Å². The minimum atomic E-state index is -4.70. The third kappa shape index (κ3) is 5.08. The molecule has 1 aliphatic heterocycles. The van der Waals surface area contributed by atoms with Crippen LogP contribution >= 0.6 is 0 Å². The molecule has 1 aliphatic rings. The Balaban J connectivity index is 1.71. The van der Waals surface area contributed by atoms with Crippen molar-refractivity contribution in [3.63, 3.8) is 0 Å². The summed E-state index contributed by atoms with van der Waals surface area (Å²) in [7, 11) is 0. The summed E-state index contributed by atoms with van der Waals surface area (Å²) < 4.78 is 42.8. The van der Waals surface area contributed by atoms with Crippen molar-refractivity contribution in [2.75, 3.05) is 11.4 Å². The van der Waals surface area contributed by atoms with Gasteiger partial charge in [-0.2, -0.15) is 13.2 Å². The number of carboxylic acid groups (broad SMARTS) is 2. The van der Waals surface area contributed by atoms with E-state index in [4.69, 9.17) is 0 Å². The highest BCUT2D eigenvalue weighted by Crippen LogP contribution is 2.43. The number of aromatic nitrogens is 1. The SMILES string of the molecule is O=C(O)c1c(Cc2cccc3ccccc23)c(-c2cccc(C(F)(F)F)c2)c2n(c1=O)C(C(=O)O)CN2Cc1ccccc1. The molecule has 4 aromatic carbocycles. The fourth-order valence-corrected chi connectivity index (χ4v) is 6.02. The van der Waals surface area contributed by atoms with Crippen molar-refractivity contribution in [3.05, 3.63) is 135 Å². The summed E-state index contributed by atoms with van der Waals surface area (Å²) in [4.78, 5) is 40.9. The number of fused-ring (bicyclic) bond motifs is 2. The Kier molecular flexibility index (Phi) is 7.20. The predicted molar refractivity (Wildman–Crippen MR) is 159 cm³/mol. The summed E-state index contributed by atoms with van der Waals surface area (Å²) in [6, 6.07) is 24.8. The highest BCUT2D eigenvalue weighted by Gasteiger charge is 2.41. The van der Waals surface area contributed by atoms with Gasteiger partial charge < -0.3 is 15.1 Å². The molecule has 0 saturated heterocycles. The number of halogens is 3. The van der Waals surface area contributed by atoms with E-state index in [0.29, 0.717) is 5.56 Å². The number of nitrogens with zero attached hydrogens (tertiary/aromatic N) is 2. The number of alkyl halides is 3. The number of carbonyl (C=O) groups is 2. The average Bonchev–Trinajstić information content (AvgIpc) is 3.37. The molecule has 5 aromatic rings. The monoisotopic (exact) mass is 598 g/mol. The van der Waals surface area contributed by atoms with Crippen molar-refractivity contribution >= 4 is 28.5 Å². The van der Waals surface area contributed by atoms with Crippen molar-refractivity contribution in [1.82, 2.24) is 4.57 Å². The van der Waals surface area contributed by atoms with Crippen LogP contribution in [0.1, 0.15) is 38.7 Å². The second-order valence-corrected chi connectivity index (χ2v) is 10.6. The quantitative estimate of drug-likeness (QED) is 0.218. The summed E-state index contributed by atoms with van der Waals surface area (Å²) in [5.74, 6) is -2.90. The zero-order valence-corrected chi connectivity index (χ0v) is 23.1. The number of pyridine rings is 1. The molecule has 0 bridgehead atoms. The lowest BCUT2D eigenvalue weighted by Gasteiger charge is -2.25. The van der Waals surface area contributed by atoms with Gasteiger partial charge in [0.2, 0.25) is 0 Å². The molecule has 0 amide bonds. The van der Waals surface area contributed by atoms with Crippen LogP contribution in [0.25, 0.3) is 21.9 Å². The molecule has 6 rings (SSSR count). The molecule has 1 unspecified atom stereocenters. The first kappa shape index (κ1) is 28.7. The van der Waals surface area contributed by atoms with Crippen LogP contribution in [0.15, 0.2) is 102 Å².